The Morgan fingerprint density at radius 2 is 2.13 bits per heavy atom. The SMILES string of the molecule is CCc1cc(N)c([N+](=O)[O-])cn1.O=C=O. The quantitative estimate of drug-likeness (QED) is 0.564. The van der Waals surface area contributed by atoms with Gasteiger partial charge in [0, 0.05) is 5.69 Å². The number of nitrogens with zero attached hydrogens (tertiary/aromatic N) is 2. The number of rotatable bonds is 2. The summed E-state index contributed by atoms with van der Waals surface area (Å²) in [5.74, 6) is 0. The highest BCUT2D eigenvalue weighted by molar-refractivity contribution is 5.56. The summed E-state index contributed by atoms with van der Waals surface area (Å²) in [6, 6.07) is 1.53. The van der Waals surface area contributed by atoms with Gasteiger partial charge >= 0.3 is 11.8 Å². The van der Waals surface area contributed by atoms with Gasteiger partial charge < -0.3 is 5.73 Å². The lowest BCUT2D eigenvalue weighted by Gasteiger charge is -1.98. The number of nitro groups is 1. The summed E-state index contributed by atoms with van der Waals surface area (Å²) in [6.45, 7) is 1.91. The van der Waals surface area contributed by atoms with Crippen molar-refractivity contribution in [2.45, 2.75) is 13.3 Å². The minimum atomic E-state index is -0.540. The maximum Gasteiger partial charge on any atom is 0.373 e. The van der Waals surface area contributed by atoms with Crippen LogP contribution in [0.25, 0.3) is 0 Å². The Kier molecular flexibility index (Phi) is 5.28. The fourth-order valence-corrected chi connectivity index (χ4v) is 0.855. The molecule has 0 aliphatic rings. The number of carbonyl (C=O) groups excluding carboxylic acids is 2. The maximum atomic E-state index is 10.3. The normalized spacial score (nSPS) is 8.33. The van der Waals surface area contributed by atoms with Crippen LogP contribution >= 0.6 is 0 Å². The Labute approximate surface area is 85.1 Å². The molecule has 80 valence electrons. The first-order valence-corrected chi connectivity index (χ1v) is 3.94. The monoisotopic (exact) mass is 211 g/mol. The minimum absolute atomic E-state index is 0.132. The molecule has 0 atom stereocenters. The Morgan fingerprint density at radius 3 is 2.47 bits per heavy atom. The second kappa shape index (κ2) is 6.22. The lowest BCUT2D eigenvalue weighted by molar-refractivity contribution is -0.384. The summed E-state index contributed by atoms with van der Waals surface area (Å²) < 4.78 is 0. The number of aromatic nitrogens is 1. The van der Waals surface area contributed by atoms with Crippen LogP contribution in [-0.4, -0.2) is 16.1 Å². The molecule has 15 heavy (non-hydrogen) atoms. The van der Waals surface area contributed by atoms with Crippen molar-refractivity contribution in [2.24, 2.45) is 0 Å². The maximum absolute atomic E-state index is 10.3. The summed E-state index contributed by atoms with van der Waals surface area (Å²) in [5, 5.41) is 10.3. The first-order chi connectivity index (χ1) is 7.06. The zero-order valence-corrected chi connectivity index (χ0v) is 7.97. The zero-order valence-electron chi connectivity index (χ0n) is 7.97. The molecule has 0 fully saturated rings. The number of hydrogen-bond acceptors (Lipinski definition) is 6. The van der Waals surface area contributed by atoms with Crippen LogP contribution < -0.4 is 5.73 Å². The van der Waals surface area contributed by atoms with E-state index in [1.54, 1.807) is 0 Å². The predicted molar refractivity (Wildman–Crippen MR) is 49.7 cm³/mol. The molecule has 0 saturated heterocycles. The van der Waals surface area contributed by atoms with E-state index < -0.39 is 4.92 Å². The van der Waals surface area contributed by atoms with Gasteiger partial charge in [-0.15, -0.1) is 0 Å². The van der Waals surface area contributed by atoms with Gasteiger partial charge in [0.05, 0.1) is 4.92 Å². The van der Waals surface area contributed by atoms with Crippen LogP contribution in [0.2, 0.25) is 0 Å². The number of anilines is 1. The van der Waals surface area contributed by atoms with E-state index in [0.717, 1.165) is 12.1 Å². The molecule has 1 aromatic heterocycles. The molecule has 2 N–H and O–H groups in total. The Morgan fingerprint density at radius 1 is 1.60 bits per heavy atom. The molecule has 1 aromatic rings. The van der Waals surface area contributed by atoms with Crippen LogP contribution in [0, 0.1) is 10.1 Å². The van der Waals surface area contributed by atoms with Crippen molar-refractivity contribution in [1.82, 2.24) is 4.98 Å². The van der Waals surface area contributed by atoms with Crippen molar-refractivity contribution in [3.05, 3.63) is 28.1 Å². The summed E-state index contributed by atoms with van der Waals surface area (Å²) in [5.41, 5.74) is 6.22. The lowest BCUT2D eigenvalue weighted by atomic mass is 10.2. The van der Waals surface area contributed by atoms with E-state index in [1.165, 1.54) is 12.3 Å². The van der Waals surface area contributed by atoms with Crippen molar-refractivity contribution < 1.29 is 14.5 Å². The van der Waals surface area contributed by atoms with E-state index in [0.29, 0.717) is 0 Å². The molecule has 0 amide bonds. The molecular formula is C8H9N3O4. The molecule has 0 aliphatic carbocycles. The first kappa shape index (κ1) is 12.7. The van der Waals surface area contributed by atoms with Crippen molar-refractivity contribution in [1.29, 1.82) is 0 Å². The van der Waals surface area contributed by atoms with Gasteiger partial charge in [0.1, 0.15) is 11.9 Å². The van der Waals surface area contributed by atoms with Gasteiger partial charge in [-0.1, -0.05) is 6.92 Å². The fraction of sp³-hybridized carbons (Fsp3) is 0.250. The van der Waals surface area contributed by atoms with Gasteiger partial charge in [0.15, 0.2) is 0 Å². The number of nitrogens with two attached hydrogens (primary N) is 1. The van der Waals surface area contributed by atoms with E-state index in [4.69, 9.17) is 15.3 Å². The highest BCUT2D eigenvalue weighted by atomic mass is 16.6. The molecule has 0 radical (unpaired) electrons. The number of nitrogen functional groups attached to an aromatic ring is 1. The van der Waals surface area contributed by atoms with Crippen molar-refractivity contribution in [2.75, 3.05) is 5.73 Å². The largest absolute Gasteiger partial charge is 0.393 e. The molecule has 0 aliphatic heterocycles. The molecular weight excluding hydrogens is 202 g/mol. The van der Waals surface area contributed by atoms with Crippen molar-refractivity contribution in [3.63, 3.8) is 0 Å². The number of pyridine rings is 1. The van der Waals surface area contributed by atoms with Gasteiger partial charge in [-0.2, -0.15) is 9.59 Å². The Bertz CT molecular complexity index is 385. The second-order valence-corrected chi connectivity index (χ2v) is 2.43. The Hall–Kier alpha value is -2.27. The van der Waals surface area contributed by atoms with Crippen LogP contribution in [0.3, 0.4) is 0 Å². The predicted octanol–water partition coefficient (Wildman–Crippen LogP) is 0.551. The first-order valence-electron chi connectivity index (χ1n) is 3.94. The lowest BCUT2D eigenvalue weighted by Crippen LogP contribution is -1.98. The molecule has 7 heteroatoms. The average Bonchev–Trinajstić information content (AvgIpc) is 2.18. The molecule has 1 rings (SSSR count). The highest BCUT2D eigenvalue weighted by Gasteiger charge is 2.11. The molecule has 1 heterocycles. The average molecular weight is 211 g/mol. The van der Waals surface area contributed by atoms with Gasteiger partial charge in [-0.25, -0.2) is 0 Å². The zero-order chi connectivity index (χ0) is 11.8. The van der Waals surface area contributed by atoms with Crippen LogP contribution in [0.5, 0.6) is 0 Å². The summed E-state index contributed by atoms with van der Waals surface area (Å²) in [4.78, 5) is 29.9. The van der Waals surface area contributed by atoms with Crippen LogP contribution in [0.1, 0.15) is 12.6 Å². The van der Waals surface area contributed by atoms with Crippen LogP contribution in [0.4, 0.5) is 11.4 Å². The molecule has 0 bridgehead atoms. The van der Waals surface area contributed by atoms with E-state index in [9.17, 15) is 10.1 Å². The summed E-state index contributed by atoms with van der Waals surface area (Å²) >= 11 is 0. The van der Waals surface area contributed by atoms with Gasteiger partial charge in [0.2, 0.25) is 0 Å². The highest BCUT2D eigenvalue weighted by Crippen LogP contribution is 2.19. The topological polar surface area (TPSA) is 116 Å². The third-order valence-corrected chi connectivity index (χ3v) is 1.53. The van der Waals surface area contributed by atoms with Crippen LogP contribution in [0.15, 0.2) is 12.3 Å². The van der Waals surface area contributed by atoms with Crippen LogP contribution in [-0.2, 0) is 16.0 Å². The number of hydrogen-bond donors (Lipinski definition) is 1. The molecule has 0 unspecified atom stereocenters. The molecule has 7 nitrogen and oxygen atoms in total. The van der Waals surface area contributed by atoms with Crippen molar-refractivity contribution >= 4 is 17.5 Å². The fourth-order valence-electron chi connectivity index (χ4n) is 0.855. The third-order valence-electron chi connectivity index (χ3n) is 1.53. The summed E-state index contributed by atoms with van der Waals surface area (Å²) in [7, 11) is 0. The molecule has 0 spiro atoms. The standard InChI is InChI=1S/C7H9N3O2.CO2/c1-2-5-3-6(8)7(4-9-5)10(11)12;2-1-3/h3-4H,2H2,1H3,(H2,8,9);. The van der Waals surface area contributed by atoms with Crippen molar-refractivity contribution in [3.8, 4) is 0 Å². The smallest absolute Gasteiger partial charge is 0.373 e. The second-order valence-electron chi connectivity index (χ2n) is 2.43. The van der Waals surface area contributed by atoms with E-state index in [-0.39, 0.29) is 17.5 Å². The van der Waals surface area contributed by atoms with E-state index in [2.05, 4.69) is 4.98 Å². The third kappa shape index (κ3) is 3.97. The van der Waals surface area contributed by atoms with Gasteiger partial charge in [0.25, 0.3) is 0 Å². The van der Waals surface area contributed by atoms with E-state index in [1.807, 2.05) is 6.92 Å². The number of aryl methyl sites for hydroxylation is 1. The molecule has 0 aromatic carbocycles. The molecule has 0 saturated carbocycles. The van der Waals surface area contributed by atoms with E-state index >= 15 is 0 Å². The van der Waals surface area contributed by atoms with Gasteiger partial charge in [-0.05, 0) is 12.5 Å². The Balaban J connectivity index is 0.000000583. The summed E-state index contributed by atoms with van der Waals surface area (Å²) in [6.07, 6.45) is 2.16. The van der Waals surface area contributed by atoms with Gasteiger partial charge in [-0.3, -0.25) is 15.1 Å². The minimum Gasteiger partial charge on any atom is -0.393 e.